The molecule has 1 nitrogen and oxygen atoms in total. The van der Waals surface area contributed by atoms with Crippen LogP contribution in [-0.4, -0.2) is 13.6 Å². The second-order valence-corrected chi connectivity index (χ2v) is 6.82. The summed E-state index contributed by atoms with van der Waals surface area (Å²) in [6.07, 6.45) is 1.12. The highest BCUT2D eigenvalue weighted by Crippen LogP contribution is 2.25. The van der Waals surface area contributed by atoms with Crippen molar-refractivity contribution >= 4 is 0 Å². The summed E-state index contributed by atoms with van der Waals surface area (Å²) in [5.41, 5.74) is 3.41. The van der Waals surface area contributed by atoms with E-state index in [4.69, 9.17) is 0 Å². The van der Waals surface area contributed by atoms with Gasteiger partial charge in [-0.3, -0.25) is 0 Å². The van der Waals surface area contributed by atoms with Gasteiger partial charge in [-0.15, -0.1) is 0 Å². The largest absolute Gasteiger partial charge is 0.319 e. The van der Waals surface area contributed by atoms with Crippen molar-refractivity contribution in [2.24, 2.45) is 5.41 Å². The minimum absolute atomic E-state index is 0.249. The van der Waals surface area contributed by atoms with Crippen molar-refractivity contribution in [3.8, 4) is 0 Å². The summed E-state index contributed by atoms with van der Waals surface area (Å²) in [4.78, 5) is 0. The average Bonchev–Trinajstić information content (AvgIpc) is 2.16. The van der Waals surface area contributed by atoms with Gasteiger partial charge < -0.3 is 5.32 Å². The van der Waals surface area contributed by atoms with Crippen molar-refractivity contribution < 1.29 is 0 Å². The monoisotopic (exact) mass is 233 g/mol. The van der Waals surface area contributed by atoms with Crippen LogP contribution in [0.15, 0.2) is 24.3 Å². The highest BCUT2D eigenvalue weighted by molar-refractivity contribution is 5.28. The molecule has 0 aliphatic heterocycles. The predicted molar refractivity (Wildman–Crippen MR) is 76.6 cm³/mol. The van der Waals surface area contributed by atoms with Crippen molar-refractivity contribution in [2.45, 2.75) is 46.5 Å². The SMILES string of the molecule is CNCC(C)(C)Cc1ccc(C(C)(C)C)cc1. The first kappa shape index (κ1) is 14.2. The molecule has 0 atom stereocenters. The Balaban J connectivity index is 2.75. The van der Waals surface area contributed by atoms with Crippen molar-refractivity contribution in [1.82, 2.24) is 5.32 Å². The van der Waals surface area contributed by atoms with Crippen LogP contribution in [0.1, 0.15) is 45.7 Å². The number of rotatable bonds is 4. The van der Waals surface area contributed by atoms with Crippen LogP contribution in [0, 0.1) is 5.41 Å². The molecule has 0 aliphatic rings. The Morgan fingerprint density at radius 3 is 1.88 bits per heavy atom. The summed E-state index contributed by atoms with van der Waals surface area (Å²) in [5.74, 6) is 0. The van der Waals surface area contributed by atoms with Crippen molar-refractivity contribution in [2.75, 3.05) is 13.6 Å². The lowest BCUT2D eigenvalue weighted by atomic mass is 9.83. The summed E-state index contributed by atoms with van der Waals surface area (Å²) in [5, 5.41) is 3.26. The van der Waals surface area contributed by atoms with E-state index in [2.05, 4.69) is 64.2 Å². The van der Waals surface area contributed by atoms with Crippen LogP contribution in [0.5, 0.6) is 0 Å². The molecule has 0 bridgehead atoms. The number of benzene rings is 1. The van der Waals surface area contributed by atoms with E-state index in [1.807, 2.05) is 7.05 Å². The Bertz CT molecular complexity index is 341. The minimum atomic E-state index is 0.249. The normalized spacial score (nSPS) is 12.8. The Morgan fingerprint density at radius 1 is 0.941 bits per heavy atom. The van der Waals surface area contributed by atoms with Gasteiger partial charge >= 0.3 is 0 Å². The summed E-state index contributed by atoms with van der Waals surface area (Å²) < 4.78 is 0. The van der Waals surface area contributed by atoms with Gasteiger partial charge in [0.15, 0.2) is 0 Å². The molecule has 0 heterocycles. The second-order valence-electron chi connectivity index (χ2n) is 6.82. The standard InChI is InChI=1S/C16H27N/c1-15(2,3)14-9-7-13(8-10-14)11-16(4,5)12-17-6/h7-10,17H,11-12H2,1-6H3. The average molecular weight is 233 g/mol. The lowest BCUT2D eigenvalue weighted by Crippen LogP contribution is -2.28. The molecule has 1 heteroatoms. The molecule has 0 radical (unpaired) electrons. The number of nitrogens with one attached hydrogen (secondary N) is 1. The molecule has 0 amide bonds. The molecule has 1 aromatic carbocycles. The number of hydrogen-bond donors (Lipinski definition) is 1. The molecular weight excluding hydrogens is 206 g/mol. The maximum atomic E-state index is 3.26. The van der Waals surface area contributed by atoms with Crippen LogP contribution in [0.4, 0.5) is 0 Å². The maximum Gasteiger partial charge on any atom is 0.000270 e. The molecule has 17 heavy (non-hydrogen) atoms. The molecule has 1 N–H and O–H groups in total. The summed E-state index contributed by atoms with van der Waals surface area (Å²) in [6.45, 7) is 12.4. The molecule has 0 spiro atoms. The summed E-state index contributed by atoms with van der Waals surface area (Å²) in [6, 6.07) is 9.09. The van der Waals surface area contributed by atoms with Crippen LogP contribution < -0.4 is 5.32 Å². The van der Waals surface area contributed by atoms with E-state index in [1.54, 1.807) is 0 Å². The van der Waals surface area contributed by atoms with Gasteiger partial charge in [0.2, 0.25) is 0 Å². The van der Waals surface area contributed by atoms with Gasteiger partial charge in [-0.25, -0.2) is 0 Å². The summed E-state index contributed by atoms with van der Waals surface area (Å²) >= 11 is 0. The van der Waals surface area contributed by atoms with E-state index in [0.29, 0.717) is 5.41 Å². The van der Waals surface area contributed by atoms with Gasteiger partial charge in [0.1, 0.15) is 0 Å². The zero-order chi connectivity index (χ0) is 13.1. The van der Waals surface area contributed by atoms with E-state index >= 15 is 0 Å². The third-order valence-electron chi connectivity index (χ3n) is 3.16. The highest BCUT2D eigenvalue weighted by Gasteiger charge is 2.18. The van der Waals surface area contributed by atoms with Crippen molar-refractivity contribution in [3.63, 3.8) is 0 Å². The fraction of sp³-hybridized carbons (Fsp3) is 0.625. The molecule has 1 aromatic rings. The second kappa shape index (κ2) is 5.22. The Morgan fingerprint density at radius 2 is 1.47 bits per heavy atom. The number of hydrogen-bond acceptors (Lipinski definition) is 1. The Kier molecular flexibility index (Phi) is 4.37. The molecule has 0 aromatic heterocycles. The molecule has 1 rings (SSSR count). The van der Waals surface area contributed by atoms with Crippen molar-refractivity contribution in [3.05, 3.63) is 35.4 Å². The van der Waals surface area contributed by atoms with Crippen LogP contribution in [0.3, 0.4) is 0 Å². The zero-order valence-corrected chi connectivity index (χ0v) is 12.2. The highest BCUT2D eigenvalue weighted by atomic mass is 14.8. The van der Waals surface area contributed by atoms with Gasteiger partial charge in [-0.05, 0) is 35.4 Å². The molecule has 0 saturated carbocycles. The van der Waals surface area contributed by atoms with Crippen LogP contribution in [0.2, 0.25) is 0 Å². The van der Waals surface area contributed by atoms with E-state index in [1.165, 1.54) is 11.1 Å². The molecule has 0 aliphatic carbocycles. The maximum absolute atomic E-state index is 3.26. The fourth-order valence-corrected chi connectivity index (χ4v) is 2.22. The van der Waals surface area contributed by atoms with Crippen LogP contribution >= 0.6 is 0 Å². The van der Waals surface area contributed by atoms with Gasteiger partial charge in [0.05, 0.1) is 0 Å². The minimum Gasteiger partial charge on any atom is -0.319 e. The van der Waals surface area contributed by atoms with Crippen LogP contribution in [0.25, 0.3) is 0 Å². The Hall–Kier alpha value is -0.820. The predicted octanol–water partition coefficient (Wildman–Crippen LogP) is 3.77. The van der Waals surface area contributed by atoms with Crippen LogP contribution in [-0.2, 0) is 11.8 Å². The van der Waals surface area contributed by atoms with Crippen molar-refractivity contribution in [1.29, 1.82) is 0 Å². The molecular formula is C16H27N. The van der Waals surface area contributed by atoms with E-state index < -0.39 is 0 Å². The quantitative estimate of drug-likeness (QED) is 0.834. The topological polar surface area (TPSA) is 12.0 Å². The first-order chi connectivity index (χ1) is 7.74. The van der Waals surface area contributed by atoms with E-state index in [-0.39, 0.29) is 5.41 Å². The first-order valence-corrected chi connectivity index (χ1v) is 6.49. The smallest absolute Gasteiger partial charge is 0.000270 e. The molecule has 96 valence electrons. The third kappa shape index (κ3) is 4.51. The molecule has 0 fully saturated rings. The fourth-order valence-electron chi connectivity index (χ4n) is 2.22. The van der Waals surface area contributed by atoms with E-state index in [0.717, 1.165) is 13.0 Å². The van der Waals surface area contributed by atoms with Gasteiger partial charge in [0, 0.05) is 6.54 Å². The van der Waals surface area contributed by atoms with E-state index in [9.17, 15) is 0 Å². The molecule has 0 saturated heterocycles. The first-order valence-electron chi connectivity index (χ1n) is 6.49. The lowest BCUT2D eigenvalue weighted by molar-refractivity contribution is 0.350. The van der Waals surface area contributed by atoms with Gasteiger partial charge in [-0.1, -0.05) is 58.9 Å². The zero-order valence-electron chi connectivity index (χ0n) is 12.2. The van der Waals surface area contributed by atoms with Gasteiger partial charge in [0.25, 0.3) is 0 Å². The Labute approximate surface area is 107 Å². The lowest BCUT2D eigenvalue weighted by Gasteiger charge is -2.25. The third-order valence-corrected chi connectivity index (χ3v) is 3.16. The molecule has 0 unspecified atom stereocenters. The summed E-state index contributed by atoms with van der Waals surface area (Å²) in [7, 11) is 2.02. The van der Waals surface area contributed by atoms with Gasteiger partial charge in [-0.2, -0.15) is 0 Å².